The fraction of sp³-hybridized carbons (Fsp3) is 1.00. The van der Waals surface area contributed by atoms with E-state index in [9.17, 15) is 0 Å². The second-order valence-electron chi connectivity index (χ2n) is 6.36. The largest absolute Gasteiger partial charge is 0.313 e. The third-order valence-electron chi connectivity index (χ3n) is 4.06. The van der Waals surface area contributed by atoms with E-state index in [-0.39, 0.29) is 0 Å². The molecule has 0 atom stereocenters. The van der Waals surface area contributed by atoms with Crippen LogP contribution < -0.4 is 5.32 Å². The third-order valence-corrected chi connectivity index (χ3v) is 4.06. The van der Waals surface area contributed by atoms with Crippen LogP contribution in [0.25, 0.3) is 0 Å². The Kier molecular flexibility index (Phi) is 8.67. The molecule has 0 unspecified atom stereocenters. The number of nitrogens with zero attached hydrogens (tertiary/aromatic N) is 2. The Morgan fingerprint density at radius 3 is 2.37 bits per heavy atom. The Labute approximate surface area is 120 Å². The van der Waals surface area contributed by atoms with E-state index in [0.717, 1.165) is 18.5 Å². The predicted octanol–water partition coefficient (Wildman–Crippen LogP) is 2.43. The molecule has 1 heterocycles. The highest BCUT2D eigenvalue weighted by Crippen LogP contribution is 2.11. The van der Waals surface area contributed by atoms with Crippen molar-refractivity contribution < 1.29 is 0 Å². The molecule has 3 nitrogen and oxygen atoms in total. The van der Waals surface area contributed by atoms with Crippen molar-refractivity contribution in [2.24, 2.45) is 5.92 Å². The Hall–Kier alpha value is -0.120. The van der Waals surface area contributed by atoms with Gasteiger partial charge < -0.3 is 15.1 Å². The van der Waals surface area contributed by atoms with Gasteiger partial charge in [0, 0.05) is 25.7 Å². The molecule has 114 valence electrons. The average molecular weight is 269 g/mol. The molecule has 3 heteroatoms. The van der Waals surface area contributed by atoms with Crippen molar-refractivity contribution in [2.75, 3.05) is 45.8 Å². The lowest BCUT2D eigenvalue weighted by Gasteiger charge is -2.33. The third kappa shape index (κ3) is 7.28. The van der Waals surface area contributed by atoms with Gasteiger partial charge in [0.1, 0.15) is 0 Å². The van der Waals surface area contributed by atoms with Crippen LogP contribution in [0.15, 0.2) is 0 Å². The molecule has 0 aromatic rings. The first-order valence-corrected chi connectivity index (χ1v) is 8.33. The number of piperidine rings is 1. The van der Waals surface area contributed by atoms with Gasteiger partial charge in [-0.3, -0.25) is 0 Å². The van der Waals surface area contributed by atoms with Gasteiger partial charge in [0.15, 0.2) is 0 Å². The number of nitrogens with one attached hydrogen (secondary N) is 1. The van der Waals surface area contributed by atoms with E-state index in [4.69, 9.17) is 0 Å². The summed E-state index contributed by atoms with van der Waals surface area (Å²) in [4.78, 5) is 5.17. The summed E-state index contributed by atoms with van der Waals surface area (Å²) in [6.07, 6.45) is 3.92. The molecule has 0 aromatic carbocycles. The number of hydrogen-bond acceptors (Lipinski definition) is 3. The lowest BCUT2D eigenvalue weighted by Crippen LogP contribution is -2.45. The lowest BCUT2D eigenvalue weighted by molar-refractivity contribution is 0.177. The van der Waals surface area contributed by atoms with Gasteiger partial charge in [-0.2, -0.15) is 0 Å². The molecule has 0 amide bonds. The van der Waals surface area contributed by atoms with E-state index in [1.807, 2.05) is 0 Å². The molecule has 0 aromatic heterocycles. The highest BCUT2D eigenvalue weighted by Gasteiger charge is 2.18. The highest BCUT2D eigenvalue weighted by atomic mass is 15.2. The van der Waals surface area contributed by atoms with E-state index in [1.54, 1.807) is 0 Å². The molecule has 1 N–H and O–H groups in total. The molecule has 1 aliphatic heterocycles. The van der Waals surface area contributed by atoms with Crippen molar-refractivity contribution in [1.29, 1.82) is 0 Å². The first-order chi connectivity index (χ1) is 9.15. The van der Waals surface area contributed by atoms with E-state index in [0.29, 0.717) is 0 Å². The first kappa shape index (κ1) is 16.9. The monoisotopic (exact) mass is 269 g/mol. The van der Waals surface area contributed by atoms with Crippen LogP contribution in [0, 0.1) is 5.92 Å². The number of hydrogen-bond donors (Lipinski definition) is 1. The Balaban J connectivity index is 2.09. The SMILES string of the molecule is CCCN(CC)CCNC1CCN(CC(C)C)CC1. The molecule has 1 fully saturated rings. The van der Waals surface area contributed by atoms with Crippen molar-refractivity contribution in [1.82, 2.24) is 15.1 Å². The first-order valence-electron chi connectivity index (χ1n) is 8.33. The maximum absolute atomic E-state index is 3.75. The van der Waals surface area contributed by atoms with Crippen molar-refractivity contribution in [3.63, 3.8) is 0 Å². The van der Waals surface area contributed by atoms with Crippen molar-refractivity contribution >= 4 is 0 Å². The quantitative estimate of drug-likeness (QED) is 0.693. The summed E-state index contributed by atoms with van der Waals surface area (Å²) in [6.45, 7) is 17.8. The Morgan fingerprint density at radius 2 is 1.84 bits per heavy atom. The summed E-state index contributed by atoms with van der Waals surface area (Å²) in [5.41, 5.74) is 0. The second kappa shape index (κ2) is 9.73. The van der Waals surface area contributed by atoms with Crippen molar-refractivity contribution in [2.45, 2.75) is 53.0 Å². The van der Waals surface area contributed by atoms with Gasteiger partial charge in [-0.25, -0.2) is 0 Å². The van der Waals surface area contributed by atoms with Gasteiger partial charge in [-0.15, -0.1) is 0 Å². The zero-order chi connectivity index (χ0) is 14.1. The van der Waals surface area contributed by atoms with Gasteiger partial charge in [-0.1, -0.05) is 27.7 Å². The number of likely N-dealkylation sites (N-methyl/N-ethyl adjacent to an activating group) is 1. The minimum atomic E-state index is 0.753. The summed E-state index contributed by atoms with van der Waals surface area (Å²) in [5, 5.41) is 3.75. The molecule has 0 spiro atoms. The highest BCUT2D eigenvalue weighted by molar-refractivity contribution is 4.78. The van der Waals surface area contributed by atoms with Crippen LogP contribution >= 0.6 is 0 Å². The summed E-state index contributed by atoms with van der Waals surface area (Å²) in [6, 6.07) is 0.753. The Morgan fingerprint density at radius 1 is 1.16 bits per heavy atom. The van der Waals surface area contributed by atoms with Crippen LogP contribution in [0.1, 0.15) is 47.0 Å². The van der Waals surface area contributed by atoms with Crippen LogP contribution in [-0.4, -0.2) is 61.7 Å². The van der Waals surface area contributed by atoms with Crippen LogP contribution in [0.3, 0.4) is 0 Å². The summed E-state index contributed by atoms with van der Waals surface area (Å²) in [7, 11) is 0. The van der Waals surface area contributed by atoms with Crippen molar-refractivity contribution in [3.05, 3.63) is 0 Å². The van der Waals surface area contributed by atoms with Crippen LogP contribution in [-0.2, 0) is 0 Å². The van der Waals surface area contributed by atoms with E-state index >= 15 is 0 Å². The fourth-order valence-electron chi connectivity index (χ4n) is 3.01. The van der Waals surface area contributed by atoms with Gasteiger partial charge in [0.25, 0.3) is 0 Å². The molecular weight excluding hydrogens is 234 g/mol. The smallest absolute Gasteiger partial charge is 0.0107 e. The van der Waals surface area contributed by atoms with Gasteiger partial charge in [0.05, 0.1) is 0 Å². The zero-order valence-corrected chi connectivity index (χ0v) is 13.6. The van der Waals surface area contributed by atoms with Gasteiger partial charge >= 0.3 is 0 Å². The molecule has 19 heavy (non-hydrogen) atoms. The van der Waals surface area contributed by atoms with Crippen LogP contribution in [0.5, 0.6) is 0 Å². The molecular formula is C16H35N3. The van der Waals surface area contributed by atoms with Crippen molar-refractivity contribution in [3.8, 4) is 0 Å². The van der Waals surface area contributed by atoms with Crippen LogP contribution in [0.2, 0.25) is 0 Å². The molecule has 1 saturated heterocycles. The standard InChI is InChI=1S/C16H35N3/c1-5-10-18(6-2)13-9-17-16-7-11-19(12-8-16)14-15(3)4/h15-17H,5-14H2,1-4H3. The molecule has 0 aliphatic carbocycles. The zero-order valence-electron chi connectivity index (χ0n) is 13.6. The van der Waals surface area contributed by atoms with Crippen LogP contribution in [0.4, 0.5) is 0 Å². The lowest BCUT2D eigenvalue weighted by atomic mass is 10.0. The second-order valence-corrected chi connectivity index (χ2v) is 6.36. The maximum Gasteiger partial charge on any atom is 0.0107 e. The fourth-order valence-corrected chi connectivity index (χ4v) is 3.01. The van der Waals surface area contributed by atoms with Gasteiger partial charge in [0.2, 0.25) is 0 Å². The van der Waals surface area contributed by atoms with E-state index < -0.39 is 0 Å². The predicted molar refractivity (Wildman–Crippen MR) is 84.7 cm³/mol. The minimum Gasteiger partial charge on any atom is -0.313 e. The normalized spacial score (nSPS) is 18.6. The summed E-state index contributed by atoms with van der Waals surface area (Å²) in [5.74, 6) is 0.802. The maximum atomic E-state index is 3.75. The van der Waals surface area contributed by atoms with E-state index in [2.05, 4.69) is 42.8 Å². The molecule has 0 bridgehead atoms. The summed E-state index contributed by atoms with van der Waals surface area (Å²) >= 11 is 0. The van der Waals surface area contributed by atoms with Gasteiger partial charge in [-0.05, 0) is 51.4 Å². The topological polar surface area (TPSA) is 18.5 Å². The molecule has 0 saturated carbocycles. The number of rotatable bonds is 9. The minimum absolute atomic E-state index is 0.753. The summed E-state index contributed by atoms with van der Waals surface area (Å²) < 4.78 is 0. The average Bonchev–Trinajstić information content (AvgIpc) is 2.39. The Bertz CT molecular complexity index is 210. The molecule has 0 radical (unpaired) electrons. The molecule has 1 aliphatic rings. The number of likely N-dealkylation sites (tertiary alicyclic amines) is 1. The molecule has 1 rings (SSSR count). The van der Waals surface area contributed by atoms with E-state index in [1.165, 1.54) is 58.5 Å².